The van der Waals surface area contributed by atoms with Gasteiger partial charge in [-0.2, -0.15) is 0 Å². The van der Waals surface area contributed by atoms with E-state index >= 15 is 0 Å². The minimum absolute atomic E-state index is 0.127. The Kier molecular flexibility index (Phi) is 4.74. The Labute approximate surface area is 154 Å². The van der Waals surface area contributed by atoms with Gasteiger partial charge in [-0.1, -0.05) is 26.0 Å². The molecule has 0 saturated carbocycles. The summed E-state index contributed by atoms with van der Waals surface area (Å²) in [5.74, 6) is -1.12. The monoisotopic (exact) mass is 354 g/mol. The Hall–Kier alpha value is -2.43. The van der Waals surface area contributed by atoms with E-state index in [9.17, 15) is 9.59 Å². The molecule has 1 aliphatic carbocycles. The number of carbonyl (C=O) groups is 2. The number of aromatic nitrogens is 1. The van der Waals surface area contributed by atoms with Gasteiger partial charge >= 0.3 is 5.97 Å². The van der Waals surface area contributed by atoms with Crippen LogP contribution in [0.3, 0.4) is 0 Å². The van der Waals surface area contributed by atoms with E-state index in [1.54, 1.807) is 6.92 Å². The lowest BCUT2D eigenvalue weighted by Crippen LogP contribution is -2.43. The van der Waals surface area contributed by atoms with Gasteiger partial charge in [-0.3, -0.25) is 9.78 Å². The fourth-order valence-electron chi connectivity index (χ4n) is 4.00. The van der Waals surface area contributed by atoms with Gasteiger partial charge in [0.15, 0.2) is 0 Å². The van der Waals surface area contributed by atoms with E-state index in [0.717, 1.165) is 22.8 Å². The largest absolute Gasteiger partial charge is 0.463 e. The number of pyridine rings is 1. The maximum Gasteiger partial charge on any atom is 0.336 e. The molecule has 2 atom stereocenters. The quantitative estimate of drug-likeness (QED) is 0.843. The molecule has 1 aliphatic heterocycles. The van der Waals surface area contributed by atoms with Gasteiger partial charge in [0.1, 0.15) is 5.78 Å². The summed E-state index contributed by atoms with van der Waals surface area (Å²) < 4.78 is 5.29. The zero-order valence-electron chi connectivity index (χ0n) is 16.1. The molecule has 0 aromatic carbocycles. The molecular formula is C21H26N2O3. The van der Waals surface area contributed by atoms with Gasteiger partial charge in [0.2, 0.25) is 0 Å². The van der Waals surface area contributed by atoms with Gasteiger partial charge < -0.3 is 10.1 Å². The average molecular weight is 354 g/mol. The van der Waals surface area contributed by atoms with Gasteiger partial charge in [0.05, 0.1) is 24.0 Å². The van der Waals surface area contributed by atoms with Crippen molar-refractivity contribution in [3.05, 3.63) is 52.6 Å². The third kappa shape index (κ3) is 3.30. The number of hydrogen-bond donors (Lipinski definition) is 1. The number of fused-ring (bicyclic) bond motifs is 1. The van der Waals surface area contributed by atoms with Gasteiger partial charge in [-0.05, 0) is 38.3 Å². The van der Waals surface area contributed by atoms with Crippen LogP contribution in [-0.4, -0.2) is 23.3 Å². The van der Waals surface area contributed by atoms with E-state index in [4.69, 9.17) is 4.74 Å². The van der Waals surface area contributed by atoms with E-state index in [1.807, 2.05) is 32.0 Å². The topological polar surface area (TPSA) is 68.3 Å². The van der Waals surface area contributed by atoms with E-state index in [2.05, 4.69) is 30.2 Å². The maximum atomic E-state index is 13.1. The zero-order chi connectivity index (χ0) is 19.1. The Balaban J connectivity index is 2.20. The highest BCUT2D eigenvalue weighted by Crippen LogP contribution is 2.46. The van der Waals surface area contributed by atoms with Crippen molar-refractivity contribution < 1.29 is 14.3 Å². The number of nitrogens with zero attached hydrogens (tertiary/aromatic N) is 1. The van der Waals surface area contributed by atoms with Crippen molar-refractivity contribution in [3.63, 3.8) is 0 Å². The molecule has 5 heteroatoms. The van der Waals surface area contributed by atoms with Crippen molar-refractivity contribution in [2.24, 2.45) is 11.3 Å². The van der Waals surface area contributed by atoms with Crippen LogP contribution in [0.25, 0.3) is 0 Å². The third-order valence-electron chi connectivity index (χ3n) is 4.96. The highest BCUT2D eigenvalue weighted by molar-refractivity contribution is 5.96. The molecule has 0 fully saturated rings. The van der Waals surface area contributed by atoms with Crippen molar-refractivity contribution in [3.8, 4) is 0 Å². The minimum atomic E-state index is -0.430. The Morgan fingerprint density at radius 3 is 2.69 bits per heavy atom. The van der Waals surface area contributed by atoms with Crippen LogP contribution >= 0.6 is 0 Å². The second kappa shape index (κ2) is 6.71. The lowest BCUT2D eigenvalue weighted by Gasteiger charge is -2.41. The lowest BCUT2D eigenvalue weighted by atomic mass is 9.67. The van der Waals surface area contributed by atoms with E-state index < -0.39 is 11.8 Å². The maximum absolute atomic E-state index is 13.1. The molecule has 0 bridgehead atoms. The first-order valence-electron chi connectivity index (χ1n) is 9.07. The van der Waals surface area contributed by atoms with E-state index in [1.165, 1.54) is 0 Å². The van der Waals surface area contributed by atoms with Gasteiger partial charge in [-0.25, -0.2) is 4.79 Å². The zero-order valence-corrected chi connectivity index (χ0v) is 16.1. The second-order valence-electron chi connectivity index (χ2n) is 7.77. The number of esters is 1. The summed E-state index contributed by atoms with van der Waals surface area (Å²) in [5.41, 5.74) is 3.48. The summed E-state index contributed by atoms with van der Waals surface area (Å²) in [6, 6.07) is 5.71. The first-order valence-corrected chi connectivity index (χ1v) is 9.07. The fourth-order valence-corrected chi connectivity index (χ4v) is 4.00. The number of nitrogens with one attached hydrogen (secondary N) is 1. The molecule has 5 nitrogen and oxygen atoms in total. The Bertz CT molecular complexity index is 820. The Morgan fingerprint density at radius 2 is 2.04 bits per heavy atom. The van der Waals surface area contributed by atoms with Gasteiger partial charge in [0.25, 0.3) is 0 Å². The first-order chi connectivity index (χ1) is 12.2. The van der Waals surface area contributed by atoms with Crippen molar-refractivity contribution in [1.82, 2.24) is 10.3 Å². The van der Waals surface area contributed by atoms with E-state index in [-0.39, 0.29) is 23.8 Å². The first kappa shape index (κ1) is 18.4. The lowest BCUT2D eigenvalue weighted by molar-refractivity contribution is -0.139. The van der Waals surface area contributed by atoms with Gasteiger partial charge in [0, 0.05) is 29.2 Å². The molecular weight excluding hydrogens is 328 g/mol. The molecule has 0 amide bonds. The number of ether oxygens (including phenoxy) is 1. The molecule has 2 heterocycles. The normalized spacial score (nSPS) is 24.5. The molecule has 3 rings (SSSR count). The van der Waals surface area contributed by atoms with Crippen LogP contribution in [0.5, 0.6) is 0 Å². The van der Waals surface area contributed by atoms with Crippen LogP contribution in [0.4, 0.5) is 0 Å². The van der Waals surface area contributed by atoms with Crippen LogP contribution in [0.1, 0.15) is 51.4 Å². The SMILES string of the molecule is CCOC(=O)C1=C(C)NC2=CC(C)(C)CC(=O)C2C1c1cccc(C)n1. The molecule has 0 radical (unpaired) electrons. The molecule has 2 aliphatic rings. The molecule has 138 valence electrons. The highest BCUT2D eigenvalue weighted by atomic mass is 16.5. The number of aryl methyl sites for hydroxylation is 1. The predicted octanol–water partition coefficient (Wildman–Crippen LogP) is 3.41. The summed E-state index contributed by atoms with van der Waals surface area (Å²) in [6.07, 6.45) is 2.56. The molecule has 26 heavy (non-hydrogen) atoms. The van der Waals surface area contributed by atoms with Crippen LogP contribution in [0.15, 0.2) is 41.2 Å². The van der Waals surface area contributed by atoms with Crippen molar-refractivity contribution in [1.29, 1.82) is 0 Å². The number of ketones is 1. The minimum Gasteiger partial charge on any atom is -0.463 e. The summed E-state index contributed by atoms with van der Waals surface area (Å²) in [7, 11) is 0. The van der Waals surface area contributed by atoms with Crippen molar-refractivity contribution in [2.45, 2.75) is 47.0 Å². The highest BCUT2D eigenvalue weighted by Gasteiger charge is 2.46. The number of hydrogen-bond acceptors (Lipinski definition) is 5. The number of rotatable bonds is 3. The summed E-state index contributed by atoms with van der Waals surface area (Å²) in [4.78, 5) is 30.4. The summed E-state index contributed by atoms with van der Waals surface area (Å²) in [6.45, 7) is 9.94. The fraction of sp³-hybridized carbons (Fsp3) is 0.476. The smallest absolute Gasteiger partial charge is 0.336 e. The third-order valence-corrected chi connectivity index (χ3v) is 4.96. The Morgan fingerprint density at radius 1 is 1.31 bits per heavy atom. The van der Waals surface area contributed by atoms with Crippen molar-refractivity contribution in [2.75, 3.05) is 6.61 Å². The van der Waals surface area contributed by atoms with Gasteiger partial charge in [-0.15, -0.1) is 0 Å². The summed E-state index contributed by atoms with van der Waals surface area (Å²) >= 11 is 0. The van der Waals surface area contributed by atoms with E-state index in [0.29, 0.717) is 12.0 Å². The molecule has 1 aromatic heterocycles. The number of Topliss-reactive ketones (excluding diaryl/α,β-unsaturated/α-hetero) is 1. The molecule has 0 saturated heterocycles. The average Bonchev–Trinajstić information content (AvgIpc) is 2.52. The predicted molar refractivity (Wildman–Crippen MR) is 99.2 cm³/mol. The molecule has 0 spiro atoms. The van der Waals surface area contributed by atoms with Crippen LogP contribution < -0.4 is 5.32 Å². The van der Waals surface area contributed by atoms with Crippen molar-refractivity contribution >= 4 is 11.8 Å². The number of carbonyl (C=O) groups excluding carboxylic acids is 2. The number of allylic oxidation sites excluding steroid dienone is 3. The molecule has 2 unspecified atom stereocenters. The molecule has 1 aromatic rings. The molecule has 1 N–H and O–H groups in total. The van der Waals surface area contributed by atoms with Crippen LogP contribution in [-0.2, 0) is 14.3 Å². The van der Waals surface area contributed by atoms with Crippen LogP contribution in [0, 0.1) is 18.3 Å². The summed E-state index contributed by atoms with van der Waals surface area (Å²) in [5, 5.41) is 3.30. The standard InChI is InChI=1S/C21H26N2O3/c1-6-26-20(25)17-13(3)23-15-10-21(4,5)11-16(24)18(15)19(17)14-9-7-8-12(2)22-14/h7-10,18-19,23H,6,11H2,1-5H3. The van der Waals surface area contributed by atoms with Crippen LogP contribution in [0.2, 0.25) is 0 Å². The second-order valence-corrected chi connectivity index (χ2v) is 7.77.